The van der Waals surface area contributed by atoms with E-state index in [-0.39, 0.29) is 11.8 Å². The van der Waals surface area contributed by atoms with Gasteiger partial charge in [-0.15, -0.1) is 0 Å². The molecule has 1 saturated heterocycles. The molecular weight excluding hydrogens is 276 g/mol. The third-order valence-electron chi connectivity index (χ3n) is 4.44. The van der Waals surface area contributed by atoms with Gasteiger partial charge in [0.1, 0.15) is 5.75 Å². The molecule has 0 radical (unpaired) electrons. The predicted octanol–water partition coefficient (Wildman–Crippen LogP) is 2.69. The minimum Gasteiger partial charge on any atom is -0.496 e. The Kier molecular flexibility index (Phi) is 5.98. The highest BCUT2D eigenvalue weighted by atomic mass is 16.5. The topological polar surface area (TPSA) is 41.6 Å². The molecule has 1 aromatic rings. The maximum absolute atomic E-state index is 13.1. The van der Waals surface area contributed by atoms with Crippen LogP contribution < -0.4 is 10.1 Å². The number of nitrogens with one attached hydrogen (secondary N) is 1. The molecule has 0 amide bonds. The fraction of sp³-hybridized carbons (Fsp3) is 0.611. The van der Waals surface area contributed by atoms with E-state index in [1.165, 1.54) is 5.56 Å². The second-order valence-electron chi connectivity index (χ2n) is 6.19. The number of piperazine rings is 1. The normalized spacial score (nSPS) is 17.5. The van der Waals surface area contributed by atoms with Gasteiger partial charge in [-0.1, -0.05) is 26.8 Å². The first kappa shape index (κ1) is 17.0. The van der Waals surface area contributed by atoms with E-state index in [1.807, 2.05) is 18.2 Å². The maximum atomic E-state index is 13.1. The SMILES string of the molecule is CCC(C(=O)c1cc(C(C)C)ccc1OC)N1CCNCC1. The summed E-state index contributed by atoms with van der Waals surface area (Å²) < 4.78 is 5.43. The van der Waals surface area contributed by atoms with Crippen molar-refractivity contribution < 1.29 is 9.53 Å². The number of carbonyl (C=O) groups excluding carboxylic acids is 1. The van der Waals surface area contributed by atoms with Crippen LogP contribution in [0.2, 0.25) is 0 Å². The molecule has 1 unspecified atom stereocenters. The van der Waals surface area contributed by atoms with Crippen LogP contribution in [0.4, 0.5) is 0 Å². The van der Waals surface area contributed by atoms with Crippen molar-refractivity contribution in [1.82, 2.24) is 10.2 Å². The highest BCUT2D eigenvalue weighted by molar-refractivity contribution is 6.02. The van der Waals surface area contributed by atoms with Crippen molar-refractivity contribution in [1.29, 1.82) is 0 Å². The van der Waals surface area contributed by atoms with Gasteiger partial charge in [-0.05, 0) is 30.0 Å². The third-order valence-corrected chi connectivity index (χ3v) is 4.44. The summed E-state index contributed by atoms with van der Waals surface area (Å²) >= 11 is 0. The molecule has 4 heteroatoms. The summed E-state index contributed by atoms with van der Waals surface area (Å²) in [4.78, 5) is 15.4. The first-order valence-corrected chi connectivity index (χ1v) is 8.25. The average molecular weight is 304 g/mol. The third kappa shape index (κ3) is 3.68. The molecule has 0 aliphatic carbocycles. The average Bonchev–Trinajstić information content (AvgIpc) is 2.55. The Morgan fingerprint density at radius 3 is 2.55 bits per heavy atom. The molecule has 1 fully saturated rings. The van der Waals surface area contributed by atoms with Gasteiger partial charge in [-0.25, -0.2) is 0 Å². The zero-order valence-electron chi connectivity index (χ0n) is 14.2. The summed E-state index contributed by atoms with van der Waals surface area (Å²) in [5.74, 6) is 1.27. The number of rotatable bonds is 6. The van der Waals surface area contributed by atoms with Crippen LogP contribution in [0.25, 0.3) is 0 Å². The van der Waals surface area contributed by atoms with Gasteiger partial charge < -0.3 is 10.1 Å². The lowest BCUT2D eigenvalue weighted by Gasteiger charge is -2.33. The van der Waals surface area contributed by atoms with E-state index < -0.39 is 0 Å². The minimum atomic E-state index is -0.0570. The summed E-state index contributed by atoms with van der Waals surface area (Å²) in [5, 5.41) is 3.34. The van der Waals surface area contributed by atoms with E-state index in [2.05, 4.69) is 31.0 Å². The fourth-order valence-electron chi connectivity index (χ4n) is 3.06. The van der Waals surface area contributed by atoms with Crippen molar-refractivity contribution in [3.8, 4) is 5.75 Å². The van der Waals surface area contributed by atoms with Crippen LogP contribution in [-0.2, 0) is 0 Å². The monoisotopic (exact) mass is 304 g/mol. The highest BCUT2D eigenvalue weighted by Crippen LogP contribution is 2.27. The Morgan fingerprint density at radius 1 is 1.32 bits per heavy atom. The van der Waals surface area contributed by atoms with Gasteiger partial charge in [0, 0.05) is 26.2 Å². The van der Waals surface area contributed by atoms with Gasteiger partial charge in [0.15, 0.2) is 5.78 Å². The molecule has 0 saturated carbocycles. The Balaban J connectivity index is 2.30. The van der Waals surface area contributed by atoms with Gasteiger partial charge in [0.25, 0.3) is 0 Å². The van der Waals surface area contributed by atoms with Gasteiger partial charge >= 0.3 is 0 Å². The highest BCUT2D eigenvalue weighted by Gasteiger charge is 2.28. The van der Waals surface area contributed by atoms with Crippen molar-refractivity contribution in [2.75, 3.05) is 33.3 Å². The maximum Gasteiger partial charge on any atom is 0.183 e. The zero-order valence-corrected chi connectivity index (χ0v) is 14.2. The van der Waals surface area contributed by atoms with Gasteiger partial charge in [-0.3, -0.25) is 9.69 Å². The summed E-state index contributed by atoms with van der Waals surface area (Å²) in [6, 6.07) is 5.92. The van der Waals surface area contributed by atoms with Crippen LogP contribution in [0, 0.1) is 0 Å². The van der Waals surface area contributed by atoms with Crippen molar-refractivity contribution >= 4 is 5.78 Å². The van der Waals surface area contributed by atoms with Crippen molar-refractivity contribution in [3.05, 3.63) is 29.3 Å². The van der Waals surface area contributed by atoms with E-state index >= 15 is 0 Å². The van der Waals surface area contributed by atoms with Gasteiger partial charge in [-0.2, -0.15) is 0 Å². The molecule has 0 bridgehead atoms. The van der Waals surface area contributed by atoms with Crippen LogP contribution in [0.15, 0.2) is 18.2 Å². The van der Waals surface area contributed by atoms with E-state index in [9.17, 15) is 4.79 Å². The Labute approximate surface area is 133 Å². The number of nitrogens with zero attached hydrogens (tertiary/aromatic N) is 1. The molecule has 1 heterocycles. The van der Waals surface area contributed by atoms with Crippen LogP contribution in [0.5, 0.6) is 5.75 Å². The number of hydrogen-bond donors (Lipinski definition) is 1. The molecule has 1 N–H and O–H groups in total. The largest absolute Gasteiger partial charge is 0.496 e. The van der Waals surface area contributed by atoms with Crippen LogP contribution in [-0.4, -0.2) is 50.0 Å². The smallest absolute Gasteiger partial charge is 0.183 e. The molecule has 22 heavy (non-hydrogen) atoms. The standard InChI is InChI=1S/C18H28N2O2/c1-5-16(20-10-8-19-9-11-20)18(21)15-12-14(13(2)3)6-7-17(15)22-4/h6-7,12-13,16,19H,5,8-11H2,1-4H3. The van der Waals surface area contributed by atoms with E-state index in [1.54, 1.807) is 7.11 Å². The molecule has 2 rings (SSSR count). The Bertz CT molecular complexity index is 508. The minimum absolute atomic E-state index is 0.0570. The first-order valence-electron chi connectivity index (χ1n) is 8.25. The summed E-state index contributed by atoms with van der Waals surface area (Å²) in [6.07, 6.45) is 0.827. The Hall–Kier alpha value is -1.39. The fourth-order valence-corrected chi connectivity index (χ4v) is 3.06. The lowest BCUT2D eigenvalue weighted by atomic mass is 9.94. The molecule has 1 atom stereocenters. The van der Waals surface area contributed by atoms with Gasteiger partial charge in [0.05, 0.1) is 18.7 Å². The second-order valence-corrected chi connectivity index (χ2v) is 6.19. The molecule has 4 nitrogen and oxygen atoms in total. The van der Waals surface area contributed by atoms with E-state index in [0.717, 1.165) is 38.2 Å². The number of methoxy groups -OCH3 is 1. The summed E-state index contributed by atoms with van der Waals surface area (Å²) in [7, 11) is 1.63. The lowest BCUT2D eigenvalue weighted by Crippen LogP contribution is -2.51. The number of ether oxygens (including phenoxy) is 1. The molecule has 1 aliphatic rings. The molecule has 1 aromatic carbocycles. The van der Waals surface area contributed by atoms with Crippen LogP contribution >= 0.6 is 0 Å². The summed E-state index contributed by atoms with van der Waals surface area (Å²) in [5.41, 5.74) is 1.90. The lowest BCUT2D eigenvalue weighted by molar-refractivity contribution is 0.0787. The number of hydrogen-bond acceptors (Lipinski definition) is 4. The van der Waals surface area contributed by atoms with Crippen molar-refractivity contribution in [2.24, 2.45) is 0 Å². The van der Waals surface area contributed by atoms with E-state index in [4.69, 9.17) is 4.74 Å². The van der Waals surface area contributed by atoms with E-state index in [0.29, 0.717) is 11.7 Å². The number of carbonyl (C=O) groups is 1. The Morgan fingerprint density at radius 2 is 2.00 bits per heavy atom. The van der Waals surface area contributed by atoms with Crippen molar-refractivity contribution in [2.45, 2.75) is 39.2 Å². The summed E-state index contributed by atoms with van der Waals surface area (Å²) in [6.45, 7) is 10.1. The zero-order chi connectivity index (χ0) is 16.1. The molecule has 0 aromatic heterocycles. The number of ketones is 1. The molecule has 122 valence electrons. The quantitative estimate of drug-likeness (QED) is 0.821. The first-order chi connectivity index (χ1) is 10.6. The van der Waals surface area contributed by atoms with Crippen LogP contribution in [0.3, 0.4) is 0 Å². The van der Waals surface area contributed by atoms with Gasteiger partial charge in [0.2, 0.25) is 0 Å². The second kappa shape index (κ2) is 7.75. The molecule has 1 aliphatic heterocycles. The van der Waals surface area contributed by atoms with Crippen LogP contribution in [0.1, 0.15) is 49.0 Å². The molecule has 0 spiro atoms. The molecular formula is C18H28N2O2. The predicted molar refractivity (Wildman–Crippen MR) is 89.9 cm³/mol. The van der Waals surface area contributed by atoms with Crippen molar-refractivity contribution in [3.63, 3.8) is 0 Å². The number of benzene rings is 1. The number of Topliss-reactive ketones (excluding diaryl/α,β-unsaturated/α-hetero) is 1.